The first-order chi connectivity index (χ1) is 14.0. The lowest BCUT2D eigenvalue weighted by atomic mass is 10.1. The monoisotopic (exact) mass is 384 g/mol. The van der Waals surface area contributed by atoms with E-state index in [2.05, 4.69) is 25.6 Å². The number of nitrogens with zero attached hydrogens (tertiary/aromatic N) is 4. The fourth-order valence-electron chi connectivity index (χ4n) is 3.53. The van der Waals surface area contributed by atoms with Crippen LogP contribution in [0.5, 0.6) is 0 Å². The number of nitrogens with one attached hydrogen (secondary N) is 2. The van der Waals surface area contributed by atoms with E-state index in [-0.39, 0.29) is 16.7 Å². The molecule has 0 spiro atoms. The minimum absolute atomic E-state index is 0.229. The Hall–Kier alpha value is -4.07. The van der Waals surface area contributed by atoms with Crippen molar-refractivity contribution in [2.75, 3.05) is 5.32 Å². The number of fused-ring (bicyclic) bond motifs is 2. The number of amides is 1. The average molecular weight is 384 g/mol. The van der Waals surface area contributed by atoms with Gasteiger partial charge in [0.05, 0.1) is 22.2 Å². The number of para-hydroxylation sites is 1. The Bertz CT molecular complexity index is 1440. The molecule has 0 bridgehead atoms. The molecular formula is C21H16N6O2. The molecule has 29 heavy (non-hydrogen) atoms. The Balaban J connectivity index is 1.72. The summed E-state index contributed by atoms with van der Waals surface area (Å²) in [5.74, 6) is 0.0553. The van der Waals surface area contributed by atoms with E-state index in [1.54, 1.807) is 23.6 Å². The van der Waals surface area contributed by atoms with Gasteiger partial charge in [-0.2, -0.15) is 0 Å². The summed E-state index contributed by atoms with van der Waals surface area (Å²) in [4.78, 5) is 29.7. The highest BCUT2D eigenvalue weighted by Crippen LogP contribution is 2.29. The van der Waals surface area contributed by atoms with Gasteiger partial charge in [-0.25, -0.2) is 9.50 Å². The summed E-state index contributed by atoms with van der Waals surface area (Å²) in [5.41, 5.74) is 4.07. The van der Waals surface area contributed by atoms with Crippen LogP contribution in [0.25, 0.3) is 11.2 Å². The summed E-state index contributed by atoms with van der Waals surface area (Å²) in [7, 11) is 0. The molecular weight excluding hydrogens is 368 g/mol. The van der Waals surface area contributed by atoms with Crippen molar-refractivity contribution in [2.45, 2.75) is 13.8 Å². The molecule has 4 aromatic rings. The third-order valence-electron chi connectivity index (χ3n) is 4.93. The number of benzene rings is 2. The third-order valence-corrected chi connectivity index (χ3v) is 4.93. The molecule has 1 aliphatic heterocycles. The maximum atomic E-state index is 12.7. The average Bonchev–Trinajstić information content (AvgIpc) is 3.30. The normalized spacial score (nSPS) is 15.3. The zero-order valence-electron chi connectivity index (χ0n) is 15.7. The minimum atomic E-state index is -0.375. The van der Waals surface area contributed by atoms with E-state index < -0.39 is 0 Å². The highest BCUT2D eigenvalue weighted by Gasteiger charge is 2.27. The molecule has 1 amide bonds. The predicted molar refractivity (Wildman–Crippen MR) is 109 cm³/mol. The van der Waals surface area contributed by atoms with Gasteiger partial charge in [-0.15, -0.1) is 10.2 Å². The van der Waals surface area contributed by atoms with Crippen LogP contribution >= 0.6 is 0 Å². The summed E-state index contributed by atoms with van der Waals surface area (Å²) in [6.07, 6.45) is 0. The van der Waals surface area contributed by atoms with Crippen molar-refractivity contribution in [3.63, 3.8) is 0 Å². The van der Waals surface area contributed by atoms with Crippen LogP contribution in [-0.2, 0) is 4.79 Å². The number of aromatic amines is 1. The lowest BCUT2D eigenvalue weighted by Gasteiger charge is -1.94. The first kappa shape index (κ1) is 17.1. The highest BCUT2D eigenvalue weighted by atomic mass is 16.2. The quantitative estimate of drug-likeness (QED) is 0.519. The molecule has 8 heteroatoms. The third kappa shape index (κ3) is 2.65. The van der Waals surface area contributed by atoms with E-state index in [4.69, 9.17) is 0 Å². The number of aromatic nitrogens is 3. The molecule has 0 radical (unpaired) electrons. The second kappa shape index (κ2) is 6.23. The molecule has 1 aliphatic rings. The van der Waals surface area contributed by atoms with E-state index in [0.717, 1.165) is 5.56 Å². The summed E-state index contributed by atoms with van der Waals surface area (Å²) in [6, 6.07) is 14.9. The largest absolute Gasteiger partial charge is 0.321 e. The van der Waals surface area contributed by atoms with E-state index in [9.17, 15) is 9.59 Å². The number of rotatable bonds is 2. The number of H-pyrrole nitrogens is 1. The van der Waals surface area contributed by atoms with Crippen LogP contribution < -0.4 is 16.1 Å². The highest BCUT2D eigenvalue weighted by molar-refractivity contribution is 6.31. The van der Waals surface area contributed by atoms with Crippen LogP contribution in [0.3, 0.4) is 0 Å². The van der Waals surface area contributed by atoms with Gasteiger partial charge in [0.25, 0.3) is 11.5 Å². The molecule has 0 aliphatic carbocycles. The van der Waals surface area contributed by atoms with Crippen LogP contribution in [0.4, 0.5) is 17.2 Å². The predicted octanol–water partition coefficient (Wildman–Crippen LogP) is 2.92. The summed E-state index contributed by atoms with van der Waals surface area (Å²) in [5, 5.41) is 14.3. The maximum Gasteiger partial charge on any atom is 0.274 e. The van der Waals surface area contributed by atoms with Crippen LogP contribution in [0, 0.1) is 13.8 Å². The van der Waals surface area contributed by atoms with Gasteiger partial charge >= 0.3 is 0 Å². The molecule has 0 unspecified atom stereocenters. The molecule has 8 nitrogen and oxygen atoms in total. The van der Waals surface area contributed by atoms with E-state index >= 15 is 0 Å². The molecule has 0 fully saturated rings. The molecule has 2 aromatic heterocycles. The number of imidazole rings is 1. The van der Waals surface area contributed by atoms with E-state index in [0.29, 0.717) is 39.7 Å². The topological polar surface area (TPSA) is 104 Å². The van der Waals surface area contributed by atoms with Gasteiger partial charge in [0.15, 0.2) is 11.5 Å². The Kier molecular flexibility index (Phi) is 3.67. The molecule has 2 N–H and O–H groups in total. The minimum Gasteiger partial charge on any atom is -0.321 e. The van der Waals surface area contributed by atoms with Crippen molar-refractivity contribution in [2.24, 2.45) is 10.2 Å². The molecule has 0 saturated heterocycles. The first-order valence-corrected chi connectivity index (χ1v) is 9.07. The van der Waals surface area contributed by atoms with Crippen molar-refractivity contribution >= 4 is 34.3 Å². The fraction of sp³-hybridized carbons (Fsp3) is 0.0952. The lowest BCUT2D eigenvalue weighted by Crippen LogP contribution is -2.27. The molecule has 2 aromatic carbocycles. The number of carbonyl (C=O) groups is 1. The standard InChI is InChI=1S/C21H16N6O2/c1-11-6-5-7-13(10-11)24-25-18-12(2)27-19(23-18)17(21(29)26-27)16-14-8-3-4-9-15(14)22-20(16)28/h3-10H,1-2H3,(H,22,28)(H,26,29)/b17-16+,25-24?. The first-order valence-electron chi connectivity index (χ1n) is 9.07. The smallest absolute Gasteiger partial charge is 0.274 e. The fourth-order valence-corrected chi connectivity index (χ4v) is 3.53. The Labute approximate surface area is 164 Å². The molecule has 5 rings (SSSR count). The van der Waals surface area contributed by atoms with Gasteiger partial charge in [0, 0.05) is 11.3 Å². The van der Waals surface area contributed by atoms with E-state index in [1.165, 1.54) is 0 Å². The van der Waals surface area contributed by atoms with Crippen LogP contribution in [0.2, 0.25) is 0 Å². The number of hydrogen-bond acceptors (Lipinski definition) is 5. The summed E-state index contributed by atoms with van der Waals surface area (Å²) in [6.45, 7) is 3.77. The van der Waals surface area contributed by atoms with Gasteiger partial charge in [0.2, 0.25) is 0 Å². The number of carbonyl (C=O) groups excluding carboxylic acids is 1. The molecule has 3 heterocycles. The van der Waals surface area contributed by atoms with Gasteiger partial charge < -0.3 is 5.32 Å². The second-order valence-electron chi connectivity index (χ2n) is 6.91. The van der Waals surface area contributed by atoms with E-state index in [1.807, 2.05) is 43.3 Å². The number of aryl methyl sites for hydroxylation is 2. The van der Waals surface area contributed by atoms with Crippen molar-refractivity contribution < 1.29 is 4.79 Å². The lowest BCUT2D eigenvalue weighted by molar-refractivity contribution is -0.110. The Morgan fingerprint density at radius 1 is 1.00 bits per heavy atom. The molecule has 142 valence electrons. The molecule has 0 atom stereocenters. The van der Waals surface area contributed by atoms with Crippen molar-refractivity contribution in [1.82, 2.24) is 14.6 Å². The zero-order valence-corrected chi connectivity index (χ0v) is 15.7. The van der Waals surface area contributed by atoms with Crippen LogP contribution in [-0.4, -0.2) is 20.5 Å². The number of hydrogen-bond donors (Lipinski definition) is 2. The van der Waals surface area contributed by atoms with Gasteiger partial charge in [-0.05, 0) is 37.6 Å². The number of anilines is 1. The molecule has 0 saturated carbocycles. The summed E-state index contributed by atoms with van der Waals surface area (Å²) >= 11 is 0. The second-order valence-corrected chi connectivity index (χ2v) is 6.91. The van der Waals surface area contributed by atoms with Crippen LogP contribution in [0.1, 0.15) is 16.8 Å². The van der Waals surface area contributed by atoms with Crippen molar-refractivity contribution in [3.8, 4) is 0 Å². The maximum absolute atomic E-state index is 12.7. The Morgan fingerprint density at radius 2 is 1.83 bits per heavy atom. The van der Waals surface area contributed by atoms with Gasteiger partial charge in [-0.1, -0.05) is 30.3 Å². The van der Waals surface area contributed by atoms with Crippen LogP contribution in [0.15, 0.2) is 63.6 Å². The summed E-state index contributed by atoms with van der Waals surface area (Å²) < 4.78 is 1.55. The van der Waals surface area contributed by atoms with Crippen molar-refractivity contribution in [1.29, 1.82) is 0 Å². The van der Waals surface area contributed by atoms with Crippen molar-refractivity contribution in [3.05, 3.63) is 80.9 Å². The number of azo groups is 1. The van der Waals surface area contributed by atoms with Gasteiger partial charge in [-0.3, -0.25) is 14.7 Å². The Morgan fingerprint density at radius 3 is 2.66 bits per heavy atom. The SMILES string of the molecule is Cc1cccc(N=Nc2nc3/c(=C4\C(=O)Nc5ccccc54)c(=O)[nH]n3c2C)c1. The van der Waals surface area contributed by atoms with Gasteiger partial charge in [0.1, 0.15) is 0 Å². The zero-order chi connectivity index (χ0) is 20.1.